The molecular weight excluding hydrogens is 286 g/mol. The Labute approximate surface area is 139 Å². The van der Waals surface area contributed by atoms with E-state index < -0.39 is 0 Å². The van der Waals surface area contributed by atoms with Crippen LogP contribution in [0.1, 0.15) is 38.8 Å². The molecule has 4 nitrogen and oxygen atoms in total. The lowest BCUT2D eigenvalue weighted by Crippen LogP contribution is -1.99. The largest absolute Gasteiger partial charge is 0.497 e. The quantitative estimate of drug-likeness (QED) is 0.661. The first-order chi connectivity index (χ1) is 11.2. The number of fused-ring (bicyclic) bond motifs is 1. The monoisotopic (exact) mass is 313 g/mol. The summed E-state index contributed by atoms with van der Waals surface area (Å²) in [5.74, 6) is 1.64. The van der Waals surface area contributed by atoms with Gasteiger partial charge in [0, 0.05) is 17.6 Å². The van der Waals surface area contributed by atoms with E-state index in [0.29, 0.717) is 0 Å². The maximum absolute atomic E-state index is 5.25. The van der Waals surface area contributed by atoms with Crippen LogP contribution in [0.2, 0.25) is 0 Å². The van der Waals surface area contributed by atoms with E-state index in [1.807, 2.05) is 71.3 Å². The fraction of sp³-hybridized carbons (Fsp3) is 0.368. The molecule has 0 bridgehead atoms. The summed E-state index contributed by atoms with van der Waals surface area (Å²) >= 11 is 0. The summed E-state index contributed by atoms with van der Waals surface area (Å²) < 4.78 is 7.04. The highest BCUT2D eigenvalue weighted by Crippen LogP contribution is 2.23. The average molecular weight is 313 g/mol. The second kappa shape index (κ2) is 8.93. The molecule has 0 aliphatic heterocycles. The number of ether oxygens (including phenoxy) is 1. The van der Waals surface area contributed by atoms with Crippen LogP contribution in [0.5, 0.6) is 5.75 Å². The summed E-state index contributed by atoms with van der Waals surface area (Å²) in [5.41, 5.74) is 3.21. The molecule has 0 unspecified atom stereocenters. The van der Waals surface area contributed by atoms with Gasteiger partial charge in [-0.05, 0) is 43.2 Å². The Morgan fingerprint density at radius 2 is 1.70 bits per heavy atom. The fourth-order valence-electron chi connectivity index (χ4n) is 2.15. The molecule has 3 aromatic rings. The highest BCUT2D eigenvalue weighted by molar-refractivity contribution is 5.84. The van der Waals surface area contributed by atoms with Crippen molar-refractivity contribution in [3.8, 4) is 11.6 Å². The highest BCUT2D eigenvalue weighted by atomic mass is 16.5. The predicted molar refractivity (Wildman–Crippen MR) is 97.6 cm³/mol. The van der Waals surface area contributed by atoms with Gasteiger partial charge in [-0.25, -0.2) is 9.67 Å². The number of aromatic nitrogens is 3. The molecule has 0 atom stereocenters. The van der Waals surface area contributed by atoms with Crippen LogP contribution < -0.4 is 4.74 Å². The predicted octanol–water partition coefficient (Wildman–Crippen LogP) is 5.10. The van der Waals surface area contributed by atoms with E-state index in [0.717, 1.165) is 28.0 Å². The maximum Gasteiger partial charge on any atom is 0.154 e. The summed E-state index contributed by atoms with van der Waals surface area (Å²) in [6.45, 7) is 12.1. The van der Waals surface area contributed by atoms with Crippen LogP contribution in [-0.2, 0) is 0 Å². The van der Waals surface area contributed by atoms with Crippen LogP contribution in [0.25, 0.3) is 16.7 Å². The van der Waals surface area contributed by atoms with Crippen molar-refractivity contribution in [2.75, 3.05) is 7.11 Å². The molecule has 0 spiro atoms. The van der Waals surface area contributed by atoms with Gasteiger partial charge in [-0.2, -0.15) is 5.10 Å². The Hall–Kier alpha value is -2.36. The van der Waals surface area contributed by atoms with Gasteiger partial charge in [-0.3, -0.25) is 0 Å². The molecule has 1 aromatic carbocycles. The van der Waals surface area contributed by atoms with Crippen molar-refractivity contribution in [2.45, 2.75) is 41.5 Å². The van der Waals surface area contributed by atoms with Gasteiger partial charge in [0.2, 0.25) is 0 Å². The van der Waals surface area contributed by atoms with Crippen LogP contribution >= 0.6 is 0 Å². The first-order valence-electron chi connectivity index (χ1n) is 8.14. The molecule has 4 heteroatoms. The van der Waals surface area contributed by atoms with E-state index in [9.17, 15) is 0 Å². The SMILES string of the molecule is CC.CC.COc1ccc2c(C)cc(-n3cc(C)cn3)nc2c1. The zero-order valence-corrected chi connectivity index (χ0v) is 15.2. The number of hydrogen-bond acceptors (Lipinski definition) is 3. The molecule has 0 fully saturated rings. The van der Waals surface area contributed by atoms with E-state index in [2.05, 4.69) is 17.0 Å². The lowest BCUT2D eigenvalue weighted by molar-refractivity contribution is 0.415. The van der Waals surface area contributed by atoms with E-state index in [1.54, 1.807) is 11.8 Å². The fourth-order valence-corrected chi connectivity index (χ4v) is 2.15. The van der Waals surface area contributed by atoms with Gasteiger partial charge in [0.1, 0.15) is 5.75 Å². The Morgan fingerprint density at radius 1 is 1.00 bits per heavy atom. The molecule has 0 aliphatic carbocycles. The molecule has 0 N–H and O–H groups in total. The first kappa shape index (κ1) is 18.7. The van der Waals surface area contributed by atoms with Gasteiger partial charge >= 0.3 is 0 Å². The normalized spacial score (nSPS) is 9.52. The van der Waals surface area contributed by atoms with Crippen molar-refractivity contribution >= 4 is 10.9 Å². The second-order valence-corrected chi connectivity index (χ2v) is 4.64. The summed E-state index contributed by atoms with van der Waals surface area (Å²) in [6, 6.07) is 7.98. The van der Waals surface area contributed by atoms with Crippen molar-refractivity contribution < 1.29 is 4.74 Å². The van der Waals surface area contributed by atoms with Gasteiger partial charge in [0.25, 0.3) is 0 Å². The van der Waals surface area contributed by atoms with Gasteiger partial charge in [-0.15, -0.1) is 0 Å². The standard InChI is InChI=1S/C15H15N3O.2C2H6/c1-10-8-16-18(9-10)15-6-11(2)13-5-4-12(19-3)7-14(13)17-15;2*1-2/h4-9H,1-3H3;2*1-2H3. The number of rotatable bonds is 2. The topological polar surface area (TPSA) is 39.9 Å². The van der Waals surface area contributed by atoms with Crippen molar-refractivity contribution in [1.29, 1.82) is 0 Å². The Balaban J connectivity index is 0.000000615. The third-order valence-electron chi connectivity index (χ3n) is 3.16. The average Bonchev–Trinajstić information content (AvgIpc) is 3.04. The smallest absolute Gasteiger partial charge is 0.154 e. The molecule has 0 saturated carbocycles. The minimum Gasteiger partial charge on any atom is -0.497 e. The van der Waals surface area contributed by atoms with E-state index in [4.69, 9.17) is 4.74 Å². The van der Waals surface area contributed by atoms with Crippen molar-refractivity contribution in [2.24, 2.45) is 0 Å². The molecule has 124 valence electrons. The van der Waals surface area contributed by atoms with E-state index in [1.165, 1.54) is 5.56 Å². The number of benzene rings is 1. The molecule has 0 amide bonds. The van der Waals surface area contributed by atoms with Crippen molar-refractivity contribution in [3.05, 3.63) is 47.8 Å². The third kappa shape index (κ3) is 4.31. The van der Waals surface area contributed by atoms with E-state index >= 15 is 0 Å². The summed E-state index contributed by atoms with van der Waals surface area (Å²) in [7, 11) is 1.66. The van der Waals surface area contributed by atoms with Crippen LogP contribution in [0.15, 0.2) is 36.7 Å². The molecule has 2 heterocycles. The Bertz CT molecular complexity index is 747. The van der Waals surface area contributed by atoms with Crippen molar-refractivity contribution in [3.63, 3.8) is 0 Å². The summed E-state index contributed by atoms with van der Waals surface area (Å²) in [6.07, 6.45) is 3.79. The highest BCUT2D eigenvalue weighted by Gasteiger charge is 2.06. The minimum absolute atomic E-state index is 0.813. The van der Waals surface area contributed by atoms with Crippen molar-refractivity contribution in [1.82, 2.24) is 14.8 Å². The molecule has 0 aliphatic rings. The number of nitrogens with zero attached hydrogens (tertiary/aromatic N) is 3. The zero-order valence-electron chi connectivity index (χ0n) is 15.2. The number of hydrogen-bond donors (Lipinski definition) is 0. The summed E-state index contributed by atoms with van der Waals surface area (Å²) in [4.78, 5) is 4.65. The van der Waals surface area contributed by atoms with Gasteiger partial charge in [-0.1, -0.05) is 27.7 Å². The van der Waals surface area contributed by atoms with Crippen LogP contribution in [-0.4, -0.2) is 21.9 Å². The second-order valence-electron chi connectivity index (χ2n) is 4.64. The van der Waals surface area contributed by atoms with E-state index in [-0.39, 0.29) is 0 Å². The lowest BCUT2D eigenvalue weighted by Gasteiger charge is -2.08. The molecule has 0 radical (unpaired) electrons. The van der Waals surface area contributed by atoms with Crippen LogP contribution in [0.3, 0.4) is 0 Å². The lowest BCUT2D eigenvalue weighted by atomic mass is 10.1. The van der Waals surface area contributed by atoms with Crippen LogP contribution in [0.4, 0.5) is 0 Å². The minimum atomic E-state index is 0.813. The Kier molecular flexibility index (Phi) is 7.26. The molecular formula is C19H27N3O. The first-order valence-corrected chi connectivity index (χ1v) is 8.14. The molecule has 0 saturated heterocycles. The van der Waals surface area contributed by atoms with Gasteiger partial charge in [0.15, 0.2) is 5.82 Å². The molecule has 2 aromatic heterocycles. The number of aryl methyl sites for hydroxylation is 2. The van der Waals surface area contributed by atoms with Gasteiger partial charge in [0.05, 0.1) is 18.8 Å². The van der Waals surface area contributed by atoms with Gasteiger partial charge < -0.3 is 4.74 Å². The summed E-state index contributed by atoms with van der Waals surface area (Å²) in [5, 5.41) is 5.43. The zero-order chi connectivity index (χ0) is 17.4. The molecule has 23 heavy (non-hydrogen) atoms. The number of methoxy groups -OCH3 is 1. The molecule has 3 rings (SSSR count). The van der Waals surface area contributed by atoms with Crippen LogP contribution in [0, 0.1) is 13.8 Å². The third-order valence-corrected chi connectivity index (χ3v) is 3.16. The maximum atomic E-state index is 5.25. The number of pyridine rings is 1. The Morgan fingerprint density at radius 3 is 2.26 bits per heavy atom.